The molecule has 0 fully saturated rings. The molecule has 0 amide bonds. The standard InChI is InChI=1S/C23H23N3O3S/c1-15-13-20(16(2)26(15)11-9-18-7-5-4-6-8-18)21(27)14-30-23-25-24-22(29-23)19-10-12-28-17(19)3/h4-8,10,12-13H,9,11,14H2,1-3H3. The molecule has 0 unspecified atom stereocenters. The Labute approximate surface area is 179 Å². The predicted molar refractivity (Wildman–Crippen MR) is 116 cm³/mol. The first kappa shape index (κ1) is 20.2. The van der Waals surface area contributed by atoms with Gasteiger partial charge in [-0.3, -0.25) is 4.79 Å². The van der Waals surface area contributed by atoms with Gasteiger partial charge in [0.05, 0.1) is 17.6 Å². The van der Waals surface area contributed by atoms with Crippen LogP contribution in [0.15, 0.2) is 62.8 Å². The summed E-state index contributed by atoms with van der Waals surface area (Å²) in [4.78, 5) is 12.8. The molecule has 0 aliphatic carbocycles. The van der Waals surface area contributed by atoms with Crippen LogP contribution in [0, 0.1) is 20.8 Å². The van der Waals surface area contributed by atoms with Crippen molar-refractivity contribution in [1.82, 2.24) is 14.8 Å². The number of ketones is 1. The van der Waals surface area contributed by atoms with Crippen LogP contribution in [0.5, 0.6) is 0 Å². The van der Waals surface area contributed by atoms with Gasteiger partial charge in [-0.15, -0.1) is 10.2 Å². The van der Waals surface area contributed by atoms with Crippen molar-refractivity contribution in [3.63, 3.8) is 0 Å². The molecule has 1 aromatic carbocycles. The zero-order valence-corrected chi connectivity index (χ0v) is 18.0. The van der Waals surface area contributed by atoms with Gasteiger partial charge in [-0.05, 0) is 44.9 Å². The van der Waals surface area contributed by atoms with E-state index in [0.717, 1.165) is 35.5 Å². The summed E-state index contributed by atoms with van der Waals surface area (Å²) >= 11 is 1.25. The number of aryl methyl sites for hydroxylation is 3. The molecule has 30 heavy (non-hydrogen) atoms. The minimum atomic E-state index is 0.0540. The first-order valence-electron chi connectivity index (χ1n) is 9.77. The van der Waals surface area contributed by atoms with Gasteiger partial charge >= 0.3 is 0 Å². The Morgan fingerprint density at radius 3 is 2.63 bits per heavy atom. The Balaban J connectivity index is 1.40. The van der Waals surface area contributed by atoms with E-state index in [2.05, 4.69) is 26.9 Å². The van der Waals surface area contributed by atoms with Crippen LogP contribution in [0.25, 0.3) is 11.5 Å². The Kier molecular flexibility index (Phi) is 5.90. The predicted octanol–water partition coefficient (Wildman–Crippen LogP) is 5.27. The van der Waals surface area contributed by atoms with Gasteiger partial charge in [0, 0.05) is 23.5 Å². The number of furan rings is 1. The van der Waals surface area contributed by atoms with E-state index >= 15 is 0 Å². The van der Waals surface area contributed by atoms with Crippen molar-refractivity contribution in [2.45, 2.75) is 39.0 Å². The van der Waals surface area contributed by atoms with Crippen LogP contribution in [0.2, 0.25) is 0 Å². The topological polar surface area (TPSA) is 74.1 Å². The van der Waals surface area contributed by atoms with Gasteiger partial charge in [-0.2, -0.15) is 0 Å². The lowest BCUT2D eigenvalue weighted by molar-refractivity contribution is 0.102. The third kappa shape index (κ3) is 4.26. The average molecular weight is 422 g/mol. The molecule has 0 aliphatic heterocycles. The molecule has 6 nitrogen and oxygen atoms in total. The summed E-state index contributed by atoms with van der Waals surface area (Å²) < 4.78 is 13.1. The third-order valence-corrected chi connectivity index (χ3v) is 5.98. The summed E-state index contributed by atoms with van der Waals surface area (Å²) in [5.74, 6) is 1.41. The Bertz CT molecular complexity index is 1160. The van der Waals surface area contributed by atoms with Crippen LogP contribution in [-0.2, 0) is 13.0 Å². The number of benzene rings is 1. The van der Waals surface area contributed by atoms with Gasteiger partial charge < -0.3 is 13.4 Å². The molecule has 0 atom stereocenters. The van der Waals surface area contributed by atoms with Gasteiger partial charge in [-0.25, -0.2) is 0 Å². The quantitative estimate of drug-likeness (QED) is 0.285. The number of carbonyl (C=O) groups excluding carboxylic acids is 1. The van der Waals surface area contributed by atoms with Crippen LogP contribution in [0.3, 0.4) is 0 Å². The van der Waals surface area contributed by atoms with Crippen molar-refractivity contribution in [2.24, 2.45) is 0 Å². The van der Waals surface area contributed by atoms with E-state index in [1.54, 1.807) is 12.3 Å². The molecule has 4 rings (SSSR count). The van der Waals surface area contributed by atoms with E-state index in [4.69, 9.17) is 8.83 Å². The van der Waals surface area contributed by atoms with E-state index in [1.165, 1.54) is 17.3 Å². The molecule has 0 saturated heterocycles. The molecule has 7 heteroatoms. The second-order valence-electron chi connectivity index (χ2n) is 7.15. The van der Waals surface area contributed by atoms with Crippen LogP contribution in [0.1, 0.15) is 33.1 Å². The molecule has 0 radical (unpaired) electrons. The number of aromatic nitrogens is 3. The van der Waals surface area contributed by atoms with Crippen LogP contribution in [0.4, 0.5) is 0 Å². The minimum Gasteiger partial charge on any atom is -0.469 e. The Morgan fingerprint density at radius 1 is 1.10 bits per heavy atom. The zero-order valence-electron chi connectivity index (χ0n) is 17.2. The molecule has 154 valence electrons. The van der Waals surface area contributed by atoms with Crippen molar-refractivity contribution in [1.29, 1.82) is 0 Å². The second kappa shape index (κ2) is 8.75. The molecular formula is C23H23N3O3S. The largest absolute Gasteiger partial charge is 0.469 e. The number of rotatable bonds is 8. The van der Waals surface area contributed by atoms with Gasteiger partial charge in [0.25, 0.3) is 11.1 Å². The number of hydrogen-bond acceptors (Lipinski definition) is 6. The van der Waals surface area contributed by atoms with Crippen molar-refractivity contribution in [2.75, 3.05) is 5.75 Å². The number of carbonyl (C=O) groups is 1. The zero-order chi connectivity index (χ0) is 21.1. The van der Waals surface area contributed by atoms with Gasteiger partial charge in [0.1, 0.15) is 5.76 Å². The molecule has 0 spiro atoms. The second-order valence-corrected chi connectivity index (χ2v) is 8.07. The van der Waals surface area contributed by atoms with Crippen LogP contribution < -0.4 is 0 Å². The van der Waals surface area contributed by atoms with Crippen LogP contribution >= 0.6 is 11.8 Å². The molecule has 4 aromatic rings. The maximum Gasteiger partial charge on any atom is 0.277 e. The van der Waals surface area contributed by atoms with E-state index in [0.29, 0.717) is 16.9 Å². The maximum atomic E-state index is 12.8. The fraction of sp³-hybridized carbons (Fsp3) is 0.261. The monoisotopic (exact) mass is 421 g/mol. The lowest BCUT2D eigenvalue weighted by Crippen LogP contribution is -2.08. The van der Waals surface area contributed by atoms with Crippen LogP contribution in [-0.4, -0.2) is 26.3 Å². The lowest BCUT2D eigenvalue weighted by Gasteiger charge is -2.10. The highest BCUT2D eigenvalue weighted by molar-refractivity contribution is 7.99. The van der Waals surface area contributed by atoms with Crippen molar-refractivity contribution in [3.8, 4) is 11.5 Å². The fourth-order valence-corrected chi connectivity index (χ4v) is 4.15. The SMILES string of the molecule is Cc1occc1-c1nnc(SCC(=O)c2cc(C)n(CCc3ccccc3)c2C)o1. The highest BCUT2D eigenvalue weighted by atomic mass is 32.2. The van der Waals surface area contributed by atoms with E-state index in [1.807, 2.05) is 45.0 Å². The Morgan fingerprint density at radius 2 is 1.90 bits per heavy atom. The summed E-state index contributed by atoms with van der Waals surface area (Å²) in [6, 6.07) is 14.1. The van der Waals surface area contributed by atoms with E-state index in [-0.39, 0.29) is 11.5 Å². The molecule has 3 aromatic heterocycles. The van der Waals surface area contributed by atoms with E-state index in [9.17, 15) is 4.79 Å². The maximum absolute atomic E-state index is 12.8. The van der Waals surface area contributed by atoms with Crippen molar-refractivity contribution < 1.29 is 13.6 Å². The summed E-state index contributed by atoms with van der Waals surface area (Å²) in [6.07, 6.45) is 2.51. The number of nitrogens with zero attached hydrogens (tertiary/aromatic N) is 3. The van der Waals surface area contributed by atoms with Gasteiger partial charge in [-0.1, -0.05) is 42.1 Å². The molecule has 0 bridgehead atoms. The van der Waals surface area contributed by atoms with Crippen molar-refractivity contribution >= 4 is 17.5 Å². The fourth-order valence-electron chi connectivity index (χ4n) is 3.50. The van der Waals surface area contributed by atoms with Gasteiger partial charge in [0.2, 0.25) is 0 Å². The highest BCUT2D eigenvalue weighted by Crippen LogP contribution is 2.27. The lowest BCUT2D eigenvalue weighted by atomic mass is 10.1. The normalized spacial score (nSPS) is 11.2. The summed E-state index contributed by atoms with van der Waals surface area (Å²) in [7, 11) is 0. The summed E-state index contributed by atoms with van der Waals surface area (Å²) in [6.45, 7) is 6.73. The number of thioether (sulfide) groups is 1. The number of Topliss-reactive ketones (excluding diaryl/α,β-unsaturated/α-hetero) is 1. The number of hydrogen-bond donors (Lipinski definition) is 0. The van der Waals surface area contributed by atoms with Gasteiger partial charge in [0.15, 0.2) is 5.78 Å². The van der Waals surface area contributed by atoms with Crippen molar-refractivity contribution in [3.05, 3.63) is 77.0 Å². The minimum absolute atomic E-state index is 0.0540. The average Bonchev–Trinajstić information content (AvgIpc) is 3.45. The molecule has 3 heterocycles. The Hall–Kier alpha value is -3.06. The third-order valence-electron chi connectivity index (χ3n) is 5.16. The molecular weight excluding hydrogens is 398 g/mol. The molecule has 0 aliphatic rings. The summed E-state index contributed by atoms with van der Waals surface area (Å²) in [5, 5.41) is 8.45. The first-order chi connectivity index (χ1) is 14.5. The van der Waals surface area contributed by atoms with E-state index < -0.39 is 0 Å². The first-order valence-corrected chi connectivity index (χ1v) is 10.8. The molecule has 0 saturated carbocycles. The smallest absolute Gasteiger partial charge is 0.277 e. The summed E-state index contributed by atoms with van der Waals surface area (Å²) in [5.41, 5.74) is 4.89. The highest BCUT2D eigenvalue weighted by Gasteiger charge is 2.18. The molecule has 0 N–H and O–H groups in total.